The first-order valence-electron chi connectivity index (χ1n) is 15.0. The molecule has 3 aromatic rings. The SMILES string of the molecule is Cc1cccc(C)c1C1=C\C(C)[C@H](CC(C)C)[C@H](c2ccc(C(C)(C)C)cn2)C(Cc2cccc(S)c2)N\C(N)=N\1. The van der Waals surface area contributed by atoms with Crippen LogP contribution in [0.3, 0.4) is 0 Å². The van der Waals surface area contributed by atoms with E-state index in [2.05, 4.69) is 134 Å². The Morgan fingerprint density at radius 1 is 1.00 bits per heavy atom. The number of aromatic nitrogens is 1. The number of allylic oxidation sites excluding steroid dienone is 1. The van der Waals surface area contributed by atoms with Crippen LogP contribution in [0.5, 0.6) is 0 Å². The molecule has 4 nitrogen and oxygen atoms in total. The first-order valence-corrected chi connectivity index (χ1v) is 15.4. The van der Waals surface area contributed by atoms with Crippen LogP contribution in [-0.2, 0) is 11.8 Å². The maximum absolute atomic E-state index is 6.75. The predicted octanol–water partition coefficient (Wildman–Crippen LogP) is 8.24. The minimum atomic E-state index is -0.00112. The highest BCUT2D eigenvalue weighted by Gasteiger charge is 2.37. The lowest BCUT2D eigenvalue weighted by Gasteiger charge is -2.37. The van der Waals surface area contributed by atoms with Gasteiger partial charge < -0.3 is 11.1 Å². The van der Waals surface area contributed by atoms with Gasteiger partial charge in [-0.15, -0.1) is 12.6 Å². The molecule has 2 aromatic carbocycles. The number of nitrogens with zero attached hydrogens (tertiary/aromatic N) is 2. The summed E-state index contributed by atoms with van der Waals surface area (Å²) in [5.41, 5.74) is 14.9. The van der Waals surface area contributed by atoms with E-state index in [-0.39, 0.29) is 23.3 Å². The molecule has 2 heterocycles. The second-order valence-corrected chi connectivity index (χ2v) is 13.9. The third kappa shape index (κ3) is 7.62. The van der Waals surface area contributed by atoms with Crippen molar-refractivity contribution in [3.63, 3.8) is 0 Å². The molecule has 2 unspecified atom stereocenters. The standard InChI is InChI=1S/C36H48N4S/c1-22(2)17-29-25(5)18-31(33-23(3)11-9-12-24(33)4)39-35(37)40-32(20-26-13-10-14-28(41)19-26)34(29)30-16-15-27(21-38-30)36(6,7)8/h9-16,18-19,21-22,25,29,32,34,41H,17,20H2,1-8H3,(H3,37,39,40)/b31-18+/t25?,29-,32?,34+/m0/s1. The van der Waals surface area contributed by atoms with Crippen LogP contribution >= 0.6 is 12.6 Å². The number of hydrogen-bond acceptors (Lipinski definition) is 5. The zero-order chi connectivity index (χ0) is 29.9. The molecule has 0 spiro atoms. The Balaban J connectivity index is 1.91. The smallest absolute Gasteiger partial charge is 0.194 e. The van der Waals surface area contributed by atoms with Crippen molar-refractivity contribution in [3.8, 4) is 0 Å². The molecule has 0 aliphatic carbocycles. The first-order chi connectivity index (χ1) is 19.3. The van der Waals surface area contributed by atoms with Gasteiger partial charge in [-0.05, 0) is 90.3 Å². The first kappa shape index (κ1) is 30.9. The molecule has 0 bridgehead atoms. The summed E-state index contributed by atoms with van der Waals surface area (Å²) >= 11 is 4.63. The summed E-state index contributed by atoms with van der Waals surface area (Å²) in [5, 5.41) is 3.70. The topological polar surface area (TPSA) is 63.3 Å². The van der Waals surface area contributed by atoms with E-state index < -0.39 is 0 Å². The van der Waals surface area contributed by atoms with E-state index in [0.717, 1.165) is 34.7 Å². The Morgan fingerprint density at radius 3 is 2.27 bits per heavy atom. The van der Waals surface area contributed by atoms with Gasteiger partial charge in [-0.25, -0.2) is 4.99 Å². The van der Waals surface area contributed by atoms with Crippen LogP contribution in [-0.4, -0.2) is 17.0 Å². The molecular formula is C36H48N4S. The second kappa shape index (κ2) is 12.9. The lowest BCUT2D eigenvalue weighted by molar-refractivity contribution is 0.246. The summed E-state index contributed by atoms with van der Waals surface area (Å²) in [4.78, 5) is 11.2. The second-order valence-electron chi connectivity index (χ2n) is 13.3. The van der Waals surface area contributed by atoms with E-state index in [0.29, 0.717) is 17.8 Å². The number of benzene rings is 2. The average molecular weight is 569 g/mol. The van der Waals surface area contributed by atoms with E-state index in [1.165, 1.54) is 22.3 Å². The maximum Gasteiger partial charge on any atom is 0.194 e. The van der Waals surface area contributed by atoms with E-state index in [1.54, 1.807) is 0 Å². The molecule has 0 saturated heterocycles. The fraction of sp³-hybridized carbons (Fsp3) is 0.444. The summed E-state index contributed by atoms with van der Waals surface area (Å²) in [6.07, 6.45) is 6.28. The number of nitrogens with two attached hydrogens (primary N) is 1. The van der Waals surface area contributed by atoms with Crippen LogP contribution in [0.1, 0.15) is 87.4 Å². The molecule has 1 aliphatic heterocycles. The number of aliphatic imine (C=N–C) groups is 1. The number of nitrogens with one attached hydrogen (secondary N) is 1. The summed E-state index contributed by atoms with van der Waals surface area (Å²) in [6.45, 7) is 18.0. The number of thiol groups is 1. The highest BCUT2D eigenvalue weighted by atomic mass is 32.1. The number of guanidine groups is 1. The van der Waals surface area contributed by atoms with Crippen molar-refractivity contribution in [1.82, 2.24) is 10.3 Å². The number of pyridine rings is 1. The van der Waals surface area contributed by atoms with Crippen LogP contribution in [0, 0.1) is 31.6 Å². The van der Waals surface area contributed by atoms with Crippen molar-refractivity contribution in [3.05, 3.63) is 100 Å². The minimum absolute atomic E-state index is 0.00112. The molecule has 0 radical (unpaired) electrons. The van der Waals surface area contributed by atoms with Gasteiger partial charge in [-0.3, -0.25) is 4.98 Å². The van der Waals surface area contributed by atoms with Gasteiger partial charge in [0.2, 0.25) is 0 Å². The quantitative estimate of drug-likeness (QED) is 0.262. The fourth-order valence-corrected chi connectivity index (χ4v) is 6.58. The summed E-state index contributed by atoms with van der Waals surface area (Å²) in [5.74, 6) is 1.65. The van der Waals surface area contributed by atoms with Crippen molar-refractivity contribution in [2.24, 2.45) is 28.5 Å². The Kier molecular flexibility index (Phi) is 9.69. The van der Waals surface area contributed by atoms with Crippen molar-refractivity contribution in [1.29, 1.82) is 0 Å². The van der Waals surface area contributed by atoms with Crippen LogP contribution in [0.2, 0.25) is 0 Å². The van der Waals surface area contributed by atoms with Gasteiger partial charge in [0.05, 0.1) is 5.70 Å². The number of rotatable bonds is 6. The van der Waals surface area contributed by atoms with Crippen LogP contribution in [0.4, 0.5) is 0 Å². The monoisotopic (exact) mass is 568 g/mol. The molecular weight excluding hydrogens is 520 g/mol. The van der Waals surface area contributed by atoms with Gasteiger partial charge in [0.15, 0.2) is 5.96 Å². The lowest BCUT2D eigenvalue weighted by atomic mass is 9.71. The Hall–Kier alpha value is -3.05. The van der Waals surface area contributed by atoms with Crippen LogP contribution in [0.25, 0.3) is 5.70 Å². The van der Waals surface area contributed by atoms with Crippen molar-refractivity contribution >= 4 is 24.3 Å². The summed E-state index contributed by atoms with van der Waals surface area (Å²) in [7, 11) is 0. The summed E-state index contributed by atoms with van der Waals surface area (Å²) < 4.78 is 0. The Labute approximate surface area is 253 Å². The molecule has 5 heteroatoms. The largest absolute Gasteiger partial charge is 0.370 e. The zero-order valence-corrected chi connectivity index (χ0v) is 27.0. The van der Waals surface area contributed by atoms with Crippen molar-refractivity contribution in [2.75, 3.05) is 0 Å². The van der Waals surface area contributed by atoms with Gasteiger partial charge in [0.25, 0.3) is 0 Å². The highest BCUT2D eigenvalue weighted by Crippen LogP contribution is 2.41. The van der Waals surface area contributed by atoms with E-state index in [1.807, 2.05) is 6.07 Å². The third-order valence-electron chi connectivity index (χ3n) is 8.41. The molecule has 0 saturated carbocycles. The zero-order valence-electron chi connectivity index (χ0n) is 26.1. The molecule has 218 valence electrons. The van der Waals surface area contributed by atoms with Crippen LogP contribution in [0.15, 0.2) is 76.8 Å². The molecule has 4 rings (SSSR count). The lowest BCUT2D eigenvalue weighted by Crippen LogP contribution is -2.47. The van der Waals surface area contributed by atoms with Crippen LogP contribution < -0.4 is 11.1 Å². The molecule has 1 aliphatic rings. The third-order valence-corrected chi connectivity index (χ3v) is 8.68. The summed E-state index contributed by atoms with van der Waals surface area (Å²) in [6, 6.07) is 19.3. The Morgan fingerprint density at radius 2 is 1.68 bits per heavy atom. The van der Waals surface area contributed by atoms with Gasteiger partial charge in [0, 0.05) is 34.3 Å². The molecule has 1 aromatic heterocycles. The number of aryl methyl sites for hydroxylation is 2. The van der Waals surface area contributed by atoms with E-state index in [4.69, 9.17) is 15.7 Å². The Bertz CT molecular complexity index is 1380. The van der Waals surface area contributed by atoms with Gasteiger partial charge >= 0.3 is 0 Å². The predicted molar refractivity (Wildman–Crippen MR) is 178 cm³/mol. The van der Waals surface area contributed by atoms with Gasteiger partial charge in [0.1, 0.15) is 0 Å². The van der Waals surface area contributed by atoms with Gasteiger partial charge in [-0.2, -0.15) is 0 Å². The molecule has 0 fully saturated rings. The van der Waals surface area contributed by atoms with Crippen molar-refractivity contribution in [2.45, 2.75) is 90.5 Å². The molecule has 0 amide bonds. The van der Waals surface area contributed by atoms with Gasteiger partial charge in [-0.1, -0.05) is 84.0 Å². The van der Waals surface area contributed by atoms with Crippen molar-refractivity contribution < 1.29 is 0 Å². The molecule has 41 heavy (non-hydrogen) atoms. The van der Waals surface area contributed by atoms with E-state index >= 15 is 0 Å². The fourth-order valence-electron chi connectivity index (χ4n) is 6.33. The maximum atomic E-state index is 6.75. The van der Waals surface area contributed by atoms with E-state index in [9.17, 15) is 0 Å². The highest BCUT2D eigenvalue weighted by molar-refractivity contribution is 7.80. The molecule has 3 N–H and O–H groups in total. The average Bonchev–Trinajstić information content (AvgIpc) is 2.91. The number of hydrogen-bond donors (Lipinski definition) is 3. The normalized spacial score (nSPS) is 24.3. The molecule has 4 atom stereocenters. The minimum Gasteiger partial charge on any atom is -0.370 e.